The Labute approximate surface area is 142 Å². The molecule has 1 aliphatic heterocycles. The Balaban J connectivity index is 2.01. The first-order valence-electron chi connectivity index (χ1n) is 8.44. The second-order valence-electron chi connectivity index (χ2n) is 6.59. The second kappa shape index (κ2) is 7.14. The van der Waals surface area contributed by atoms with E-state index in [0.29, 0.717) is 11.5 Å². The van der Waals surface area contributed by atoms with E-state index in [9.17, 15) is 9.59 Å². The largest absolute Gasteiger partial charge is 0.381 e. The van der Waals surface area contributed by atoms with Crippen LogP contribution in [0.3, 0.4) is 0 Å². The van der Waals surface area contributed by atoms with Gasteiger partial charge < -0.3 is 9.30 Å². The highest BCUT2D eigenvalue weighted by Gasteiger charge is 2.17. The van der Waals surface area contributed by atoms with Gasteiger partial charge in [0.2, 0.25) is 0 Å². The van der Waals surface area contributed by atoms with E-state index in [-0.39, 0.29) is 16.8 Å². The molecule has 0 unspecified atom stereocenters. The maximum atomic E-state index is 12.7. The van der Waals surface area contributed by atoms with Gasteiger partial charge in [-0.15, -0.1) is 0 Å². The molecule has 0 spiro atoms. The van der Waals surface area contributed by atoms with Crippen molar-refractivity contribution in [3.63, 3.8) is 0 Å². The van der Waals surface area contributed by atoms with E-state index in [1.807, 2.05) is 42.0 Å². The lowest BCUT2D eigenvalue weighted by atomic mass is 9.99. The molecule has 0 saturated carbocycles. The van der Waals surface area contributed by atoms with E-state index in [2.05, 4.69) is 0 Å². The molecule has 0 N–H and O–H groups in total. The molecule has 126 valence electrons. The Hall–Kier alpha value is -2.20. The van der Waals surface area contributed by atoms with Gasteiger partial charge in [-0.05, 0) is 38.2 Å². The first-order chi connectivity index (χ1) is 11.5. The van der Waals surface area contributed by atoms with E-state index < -0.39 is 0 Å². The van der Waals surface area contributed by atoms with Crippen LogP contribution in [0.25, 0.3) is 11.1 Å². The quantitative estimate of drug-likeness (QED) is 0.809. The monoisotopic (exact) mass is 325 g/mol. The predicted octanol–water partition coefficient (Wildman–Crippen LogP) is 3.45. The SMILES string of the molecule is CC(=O)c1cn(CC2CCOCC2)cc(-c2ccc(C)cc2)c1=O. The number of pyridine rings is 1. The highest BCUT2D eigenvalue weighted by molar-refractivity contribution is 5.94. The molecule has 0 atom stereocenters. The standard InChI is InChI=1S/C20H23NO3/c1-14-3-5-17(6-4-14)19-13-21(11-16-7-9-24-10-8-16)12-18(15(2)22)20(19)23/h3-6,12-13,16H,7-11H2,1-2H3. The molecular weight excluding hydrogens is 302 g/mol. The molecule has 1 aliphatic rings. The van der Waals surface area contributed by atoms with Crippen molar-refractivity contribution in [1.82, 2.24) is 4.57 Å². The van der Waals surface area contributed by atoms with Crippen LogP contribution >= 0.6 is 0 Å². The molecule has 0 amide bonds. The van der Waals surface area contributed by atoms with E-state index in [0.717, 1.165) is 43.7 Å². The number of ketones is 1. The summed E-state index contributed by atoms with van der Waals surface area (Å²) in [7, 11) is 0. The number of Topliss-reactive ketones (excluding diaryl/α,β-unsaturated/α-hetero) is 1. The highest BCUT2D eigenvalue weighted by Crippen LogP contribution is 2.20. The molecule has 2 heterocycles. The highest BCUT2D eigenvalue weighted by atomic mass is 16.5. The van der Waals surface area contributed by atoms with Crippen LogP contribution in [0.15, 0.2) is 41.5 Å². The second-order valence-corrected chi connectivity index (χ2v) is 6.59. The first-order valence-corrected chi connectivity index (χ1v) is 8.44. The van der Waals surface area contributed by atoms with E-state index >= 15 is 0 Å². The van der Waals surface area contributed by atoms with Crippen LogP contribution in [0.4, 0.5) is 0 Å². The third-order valence-electron chi connectivity index (χ3n) is 4.63. The van der Waals surface area contributed by atoms with Crippen molar-refractivity contribution >= 4 is 5.78 Å². The summed E-state index contributed by atoms with van der Waals surface area (Å²) in [4.78, 5) is 24.6. The number of rotatable bonds is 4. The summed E-state index contributed by atoms with van der Waals surface area (Å²) in [6.45, 7) is 5.85. The molecule has 0 aliphatic carbocycles. The third kappa shape index (κ3) is 3.65. The van der Waals surface area contributed by atoms with Gasteiger partial charge in [-0.1, -0.05) is 29.8 Å². The predicted molar refractivity (Wildman–Crippen MR) is 94.4 cm³/mol. The Morgan fingerprint density at radius 1 is 1.17 bits per heavy atom. The number of aryl methyl sites for hydroxylation is 1. The molecule has 2 aromatic rings. The Morgan fingerprint density at radius 3 is 2.46 bits per heavy atom. The molecule has 0 radical (unpaired) electrons. The maximum absolute atomic E-state index is 12.7. The molecule has 0 bridgehead atoms. The minimum Gasteiger partial charge on any atom is -0.381 e. The summed E-state index contributed by atoms with van der Waals surface area (Å²) in [5.74, 6) is 0.335. The van der Waals surface area contributed by atoms with Crippen LogP contribution < -0.4 is 5.43 Å². The van der Waals surface area contributed by atoms with Gasteiger partial charge in [-0.2, -0.15) is 0 Å². The molecule has 4 nitrogen and oxygen atoms in total. The van der Waals surface area contributed by atoms with E-state index in [1.54, 1.807) is 6.20 Å². The zero-order chi connectivity index (χ0) is 17.1. The van der Waals surface area contributed by atoms with Gasteiger partial charge >= 0.3 is 0 Å². The fourth-order valence-corrected chi connectivity index (χ4v) is 3.15. The molecule has 1 aromatic carbocycles. The summed E-state index contributed by atoms with van der Waals surface area (Å²) in [6.07, 6.45) is 5.62. The number of nitrogens with zero attached hydrogens (tertiary/aromatic N) is 1. The van der Waals surface area contributed by atoms with Gasteiger partial charge in [-0.25, -0.2) is 0 Å². The normalized spacial score (nSPS) is 15.4. The number of carbonyl (C=O) groups excluding carboxylic acids is 1. The van der Waals surface area contributed by atoms with Gasteiger partial charge in [0, 0.05) is 37.7 Å². The zero-order valence-corrected chi connectivity index (χ0v) is 14.2. The third-order valence-corrected chi connectivity index (χ3v) is 4.63. The lowest BCUT2D eigenvalue weighted by Gasteiger charge is -2.23. The van der Waals surface area contributed by atoms with Crippen molar-refractivity contribution in [2.75, 3.05) is 13.2 Å². The number of hydrogen-bond donors (Lipinski definition) is 0. The van der Waals surface area contributed by atoms with E-state index in [1.165, 1.54) is 6.92 Å². The van der Waals surface area contributed by atoms with Crippen molar-refractivity contribution in [2.45, 2.75) is 33.2 Å². The molecule has 24 heavy (non-hydrogen) atoms. The lowest BCUT2D eigenvalue weighted by molar-refractivity contribution is 0.0612. The number of hydrogen-bond acceptors (Lipinski definition) is 3. The molecule has 1 fully saturated rings. The summed E-state index contributed by atoms with van der Waals surface area (Å²) >= 11 is 0. The summed E-state index contributed by atoms with van der Waals surface area (Å²) < 4.78 is 7.41. The number of benzene rings is 1. The van der Waals surface area contributed by atoms with Crippen molar-refractivity contribution in [3.8, 4) is 11.1 Å². The minimum absolute atomic E-state index is 0.185. The Bertz CT molecular complexity index is 784. The zero-order valence-electron chi connectivity index (χ0n) is 14.2. The van der Waals surface area contributed by atoms with Gasteiger partial charge in [-0.3, -0.25) is 9.59 Å². The van der Waals surface area contributed by atoms with Crippen LogP contribution in [0.1, 0.15) is 35.7 Å². The maximum Gasteiger partial charge on any atom is 0.200 e. The molecular formula is C20H23NO3. The van der Waals surface area contributed by atoms with Crippen molar-refractivity contribution in [3.05, 3.63) is 58.0 Å². The molecule has 1 saturated heterocycles. The van der Waals surface area contributed by atoms with E-state index in [4.69, 9.17) is 4.74 Å². The summed E-state index contributed by atoms with van der Waals surface area (Å²) in [6, 6.07) is 7.85. The first kappa shape index (κ1) is 16.7. The van der Waals surface area contributed by atoms with Gasteiger partial charge in [0.15, 0.2) is 11.2 Å². The molecule has 4 heteroatoms. The average molecular weight is 325 g/mol. The summed E-state index contributed by atoms with van der Waals surface area (Å²) in [5.41, 5.74) is 2.67. The minimum atomic E-state index is -0.186. The van der Waals surface area contributed by atoms with Crippen LogP contribution in [0.2, 0.25) is 0 Å². The van der Waals surface area contributed by atoms with Crippen molar-refractivity contribution in [1.29, 1.82) is 0 Å². The molecule has 1 aromatic heterocycles. The van der Waals surface area contributed by atoms with Crippen molar-refractivity contribution in [2.24, 2.45) is 5.92 Å². The van der Waals surface area contributed by atoms with Crippen molar-refractivity contribution < 1.29 is 9.53 Å². The molecule has 3 rings (SSSR count). The van der Waals surface area contributed by atoms with Gasteiger partial charge in [0.25, 0.3) is 0 Å². The number of carbonyl (C=O) groups is 1. The smallest absolute Gasteiger partial charge is 0.200 e. The fraction of sp³-hybridized carbons (Fsp3) is 0.400. The van der Waals surface area contributed by atoms with Crippen LogP contribution in [0, 0.1) is 12.8 Å². The van der Waals surface area contributed by atoms with Gasteiger partial charge in [0.1, 0.15) is 0 Å². The fourth-order valence-electron chi connectivity index (χ4n) is 3.15. The average Bonchev–Trinajstić information content (AvgIpc) is 2.58. The Morgan fingerprint density at radius 2 is 1.83 bits per heavy atom. The van der Waals surface area contributed by atoms with Crippen LogP contribution in [0.5, 0.6) is 0 Å². The van der Waals surface area contributed by atoms with Crippen LogP contribution in [-0.2, 0) is 11.3 Å². The summed E-state index contributed by atoms with van der Waals surface area (Å²) in [5, 5.41) is 0. The van der Waals surface area contributed by atoms with Gasteiger partial charge in [0.05, 0.1) is 5.56 Å². The number of ether oxygens (including phenoxy) is 1. The number of aromatic nitrogens is 1. The topological polar surface area (TPSA) is 48.3 Å². The van der Waals surface area contributed by atoms with Crippen LogP contribution in [-0.4, -0.2) is 23.6 Å². The lowest BCUT2D eigenvalue weighted by Crippen LogP contribution is -2.23. The Kier molecular flexibility index (Phi) is 4.95.